The Morgan fingerprint density at radius 2 is 1.00 bits per heavy atom. The molecule has 0 aliphatic heterocycles. The van der Waals surface area contributed by atoms with Gasteiger partial charge in [0.15, 0.2) is 0 Å². The molecule has 0 fully saturated rings. The summed E-state index contributed by atoms with van der Waals surface area (Å²) in [5.74, 6) is 0. The number of hydrogen-bond donors (Lipinski definition) is 0. The van der Waals surface area contributed by atoms with Crippen LogP contribution in [0.25, 0.3) is 0 Å². The molecule has 4 heavy (non-hydrogen) atoms. The maximum absolute atomic E-state index is 0. The predicted molar refractivity (Wildman–Crippen MR) is 17.1 cm³/mol. The van der Waals surface area contributed by atoms with Gasteiger partial charge in [-0.2, -0.15) is 0 Å². The second-order valence-electron chi connectivity index (χ2n) is 0. The summed E-state index contributed by atoms with van der Waals surface area (Å²) in [5, 5.41) is 0. The Kier molecular flexibility index (Phi) is 414. The van der Waals surface area contributed by atoms with E-state index >= 15 is 0 Å². The third-order valence-corrected chi connectivity index (χ3v) is 0. The van der Waals surface area contributed by atoms with Gasteiger partial charge in [-0.25, -0.2) is 0 Å². The summed E-state index contributed by atoms with van der Waals surface area (Å²) in [6.07, 6.45) is 0. The molecule has 0 nitrogen and oxygen atoms in total. The van der Waals surface area contributed by atoms with Gasteiger partial charge in [0.1, 0.15) is 0 Å². The van der Waals surface area contributed by atoms with E-state index in [1.54, 1.807) is 0 Å². The smallest absolute Gasteiger partial charge is 0 e. The Labute approximate surface area is 52.8 Å². The van der Waals surface area contributed by atoms with E-state index in [0.29, 0.717) is 0 Å². The Balaban J connectivity index is 0. The molecular weight excluding hydrogens is 157 g/mol. The first-order valence-electron chi connectivity index (χ1n) is 0. The van der Waals surface area contributed by atoms with Gasteiger partial charge < -0.3 is 0 Å². The van der Waals surface area contributed by atoms with Crippen molar-refractivity contribution in [2.24, 2.45) is 0 Å². The van der Waals surface area contributed by atoms with Crippen molar-refractivity contribution in [3.05, 3.63) is 0 Å². The van der Waals surface area contributed by atoms with Crippen molar-refractivity contribution >= 4 is 19.4 Å². The van der Waals surface area contributed by atoms with Crippen molar-refractivity contribution < 1.29 is 33.3 Å². The van der Waals surface area contributed by atoms with Crippen LogP contribution in [0.5, 0.6) is 0 Å². The van der Waals surface area contributed by atoms with Crippen molar-refractivity contribution in [1.29, 1.82) is 0 Å². The van der Waals surface area contributed by atoms with Crippen molar-refractivity contribution in [3.63, 3.8) is 0 Å². The van der Waals surface area contributed by atoms with Crippen molar-refractivity contribution in [2.75, 3.05) is 0 Å². The molecule has 0 aromatic rings. The summed E-state index contributed by atoms with van der Waals surface area (Å²) in [5.41, 5.74) is 0. The standard InChI is InChI=1S/B.Co.Ni.H4Si/h;;;1H4. The first-order chi connectivity index (χ1) is 0. The maximum atomic E-state index is 0. The monoisotopic (exact) mass is 160 g/mol. The molecule has 0 heterocycles. The second kappa shape index (κ2) is 28.1. The first kappa shape index (κ1) is 58.9. The molecule has 0 aliphatic rings. The zero-order valence-electron chi connectivity index (χ0n) is 1.23. The van der Waals surface area contributed by atoms with E-state index in [4.69, 9.17) is 0 Å². The zero-order valence-corrected chi connectivity index (χ0v) is 3.26. The second-order valence-corrected chi connectivity index (χ2v) is 0. The van der Waals surface area contributed by atoms with Gasteiger partial charge in [0.2, 0.25) is 0 Å². The van der Waals surface area contributed by atoms with Crippen LogP contribution in [0.1, 0.15) is 0 Å². The van der Waals surface area contributed by atoms with Gasteiger partial charge in [0, 0.05) is 41.7 Å². The zero-order chi connectivity index (χ0) is 0. The molecule has 0 spiro atoms. The van der Waals surface area contributed by atoms with Crippen LogP contribution >= 0.6 is 0 Å². The molecule has 0 bridgehead atoms. The minimum absolute atomic E-state index is 0. The number of hydrogen-bond acceptors (Lipinski definition) is 0. The Hall–Kier alpha value is 1.28. The minimum atomic E-state index is 0. The molecule has 0 rings (SSSR count). The van der Waals surface area contributed by atoms with E-state index < -0.39 is 0 Å². The number of rotatable bonds is 0. The molecule has 4 radical (unpaired) electrons. The Morgan fingerprint density at radius 1 is 1.00 bits per heavy atom. The van der Waals surface area contributed by atoms with E-state index in [-0.39, 0.29) is 52.6 Å². The summed E-state index contributed by atoms with van der Waals surface area (Å²) in [6, 6.07) is 0. The summed E-state index contributed by atoms with van der Waals surface area (Å²) < 4.78 is 0. The third-order valence-electron chi connectivity index (χ3n) is 0. The molecule has 0 aromatic carbocycles. The maximum Gasteiger partial charge on any atom is 0 e. The van der Waals surface area contributed by atoms with E-state index in [9.17, 15) is 0 Å². The molecule has 0 amide bonds. The van der Waals surface area contributed by atoms with Gasteiger partial charge in [-0.05, 0) is 11.0 Å². The van der Waals surface area contributed by atoms with Crippen LogP contribution in [0.2, 0.25) is 0 Å². The predicted octanol–water partition coefficient (Wildman–Crippen LogP) is -1.84. The van der Waals surface area contributed by atoms with Crippen LogP contribution in [0, 0.1) is 0 Å². The molecule has 0 unspecified atom stereocenters. The van der Waals surface area contributed by atoms with Crippen molar-refractivity contribution in [3.8, 4) is 0 Å². The molecule has 4 heteroatoms. The summed E-state index contributed by atoms with van der Waals surface area (Å²) in [4.78, 5) is 0. The average molecular weight is 161 g/mol. The van der Waals surface area contributed by atoms with Crippen molar-refractivity contribution in [2.45, 2.75) is 0 Å². The fraction of sp³-hybridized carbons (Fsp3) is 0. The van der Waals surface area contributed by atoms with E-state index in [2.05, 4.69) is 0 Å². The van der Waals surface area contributed by atoms with Crippen LogP contribution in [0.3, 0.4) is 0 Å². The molecule has 0 aromatic heterocycles. The van der Waals surface area contributed by atoms with Gasteiger partial charge in [-0.1, -0.05) is 0 Å². The van der Waals surface area contributed by atoms with E-state index in [1.165, 1.54) is 0 Å². The average Bonchev–Trinajstić information content (AvgIpc) is 0. The van der Waals surface area contributed by atoms with Gasteiger partial charge in [-0.15, -0.1) is 0 Å². The summed E-state index contributed by atoms with van der Waals surface area (Å²) in [6.45, 7) is 0. The summed E-state index contributed by atoms with van der Waals surface area (Å²) in [7, 11) is 0. The molecule has 0 atom stereocenters. The van der Waals surface area contributed by atoms with Crippen LogP contribution < -0.4 is 0 Å². The fourth-order valence-electron chi connectivity index (χ4n) is 0. The molecule has 30 valence electrons. The van der Waals surface area contributed by atoms with Crippen LogP contribution in [-0.4, -0.2) is 19.4 Å². The topological polar surface area (TPSA) is 0 Å². The molecule has 0 aliphatic carbocycles. The molecule has 0 saturated heterocycles. The first-order valence-corrected chi connectivity index (χ1v) is 0. The molecular formula is H4BCoNiSi. The third kappa shape index (κ3) is 10.4. The molecule has 0 saturated carbocycles. The quantitative estimate of drug-likeness (QED) is 0.366. The van der Waals surface area contributed by atoms with Crippen LogP contribution in [-0.2, 0) is 33.3 Å². The van der Waals surface area contributed by atoms with Gasteiger partial charge in [-0.3, -0.25) is 0 Å². The fourth-order valence-corrected chi connectivity index (χ4v) is 0. The SMILES string of the molecule is [B].[Co].[Ni].[SiH4]. The Bertz CT molecular complexity index is 8.00. The summed E-state index contributed by atoms with van der Waals surface area (Å²) >= 11 is 0. The minimum Gasteiger partial charge on any atom is -0.0149 e. The van der Waals surface area contributed by atoms with Gasteiger partial charge in [0.25, 0.3) is 0 Å². The molecule has 0 N–H and O–H groups in total. The largest absolute Gasteiger partial charge is 0.0149 e. The van der Waals surface area contributed by atoms with E-state index in [0.717, 1.165) is 0 Å². The Morgan fingerprint density at radius 3 is 1.00 bits per heavy atom. The van der Waals surface area contributed by atoms with Gasteiger partial charge in [0.05, 0.1) is 0 Å². The van der Waals surface area contributed by atoms with E-state index in [1.807, 2.05) is 0 Å². The van der Waals surface area contributed by atoms with Gasteiger partial charge >= 0.3 is 0 Å². The van der Waals surface area contributed by atoms with Crippen LogP contribution in [0.15, 0.2) is 0 Å². The van der Waals surface area contributed by atoms with Crippen LogP contribution in [0.4, 0.5) is 0 Å². The normalized spacial score (nSPS) is 0. The van der Waals surface area contributed by atoms with Crippen molar-refractivity contribution in [1.82, 2.24) is 0 Å².